The summed E-state index contributed by atoms with van der Waals surface area (Å²) in [5.41, 5.74) is -0.200. The maximum absolute atomic E-state index is 8.97. The Morgan fingerprint density at radius 1 is 1.47 bits per heavy atom. The molecule has 1 heterocycles. The Balaban J connectivity index is 2.79. The minimum absolute atomic E-state index is 0.134. The maximum atomic E-state index is 8.97. The lowest BCUT2D eigenvalue weighted by molar-refractivity contribution is 0.252. The fraction of sp³-hybridized carbons (Fsp3) is 0.600. The molecule has 0 radical (unpaired) electrons. The summed E-state index contributed by atoms with van der Waals surface area (Å²) >= 11 is 5.89. The molecule has 0 amide bonds. The lowest BCUT2D eigenvalue weighted by atomic mass is 9.95. The second-order valence-corrected chi connectivity index (χ2v) is 4.07. The number of aliphatic hydroxyl groups excluding tert-OH is 1. The third-order valence-electron chi connectivity index (χ3n) is 2.52. The highest BCUT2D eigenvalue weighted by Gasteiger charge is 2.22. The van der Waals surface area contributed by atoms with Crippen molar-refractivity contribution in [2.45, 2.75) is 32.2 Å². The van der Waals surface area contributed by atoms with E-state index in [9.17, 15) is 0 Å². The first-order valence-corrected chi connectivity index (χ1v) is 5.34. The summed E-state index contributed by atoms with van der Waals surface area (Å²) in [5, 5.41) is 12.5. The molecule has 0 aliphatic heterocycles. The normalized spacial score (nSPS) is 14.7. The van der Waals surface area contributed by atoms with Gasteiger partial charge in [0.2, 0.25) is 0 Å². The van der Waals surface area contributed by atoms with Crippen LogP contribution in [-0.4, -0.2) is 27.2 Å². The Labute approximate surface area is 94.7 Å². The molecule has 0 aliphatic carbocycles. The fourth-order valence-electron chi connectivity index (χ4n) is 1.27. The van der Waals surface area contributed by atoms with Gasteiger partial charge < -0.3 is 10.4 Å². The van der Waals surface area contributed by atoms with E-state index in [-0.39, 0.29) is 12.1 Å². The molecule has 0 aliphatic rings. The minimum Gasteiger partial charge on any atom is -0.396 e. The van der Waals surface area contributed by atoms with Crippen molar-refractivity contribution in [3.05, 3.63) is 17.5 Å². The Morgan fingerprint density at radius 3 is 2.67 bits per heavy atom. The predicted molar refractivity (Wildman–Crippen MR) is 61.1 cm³/mol. The molecule has 1 unspecified atom stereocenters. The number of hydrogen-bond acceptors (Lipinski definition) is 4. The molecule has 0 aromatic carbocycles. The van der Waals surface area contributed by atoms with Gasteiger partial charge in [-0.15, -0.1) is 0 Å². The lowest BCUT2D eigenvalue weighted by Gasteiger charge is -2.29. The first kappa shape index (κ1) is 12.2. The van der Waals surface area contributed by atoms with Gasteiger partial charge in [-0.05, 0) is 19.8 Å². The number of anilines is 1. The van der Waals surface area contributed by atoms with Gasteiger partial charge >= 0.3 is 0 Å². The van der Waals surface area contributed by atoms with Gasteiger partial charge in [-0.2, -0.15) is 0 Å². The summed E-state index contributed by atoms with van der Waals surface area (Å²) in [4.78, 5) is 8.04. The van der Waals surface area contributed by atoms with Crippen LogP contribution in [0.1, 0.15) is 26.7 Å². The van der Waals surface area contributed by atoms with Gasteiger partial charge in [0.15, 0.2) is 11.0 Å². The van der Waals surface area contributed by atoms with E-state index >= 15 is 0 Å². The molecule has 2 N–H and O–H groups in total. The fourth-order valence-corrected chi connectivity index (χ4v) is 1.42. The van der Waals surface area contributed by atoms with Crippen molar-refractivity contribution in [2.24, 2.45) is 0 Å². The van der Waals surface area contributed by atoms with Crippen LogP contribution in [0.4, 0.5) is 5.82 Å². The average Bonchev–Trinajstić information content (AvgIpc) is 2.22. The Kier molecular flexibility index (Phi) is 4.29. The molecule has 1 aromatic heterocycles. The lowest BCUT2D eigenvalue weighted by Crippen LogP contribution is -2.35. The molecule has 1 atom stereocenters. The molecule has 4 nitrogen and oxygen atoms in total. The van der Waals surface area contributed by atoms with E-state index in [0.29, 0.717) is 17.4 Å². The molecule has 1 aromatic rings. The number of rotatable bonds is 5. The van der Waals surface area contributed by atoms with E-state index in [4.69, 9.17) is 16.7 Å². The van der Waals surface area contributed by atoms with Crippen molar-refractivity contribution >= 4 is 17.4 Å². The molecule has 0 fully saturated rings. The van der Waals surface area contributed by atoms with Crippen LogP contribution in [-0.2, 0) is 0 Å². The van der Waals surface area contributed by atoms with E-state index < -0.39 is 0 Å². The van der Waals surface area contributed by atoms with Crippen LogP contribution in [0, 0.1) is 0 Å². The molecule has 5 heteroatoms. The summed E-state index contributed by atoms with van der Waals surface area (Å²) in [6.45, 7) is 4.20. The van der Waals surface area contributed by atoms with E-state index in [1.165, 1.54) is 0 Å². The summed E-state index contributed by atoms with van der Waals surface area (Å²) < 4.78 is 0. The van der Waals surface area contributed by atoms with Crippen LogP contribution in [0.25, 0.3) is 0 Å². The Hall–Kier alpha value is -0.870. The van der Waals surface area contributed by atoms with Crippen LogP contribution in [0.5, 0.6) is 0 Å². The van der Waals surface area contributed by atoms with Crippen LogP contribution >= 0.6 is 11.6 Å². The third kappa shape index (κ3) is 3.32. The first-order chi connectivity index (χ1) is 7.11. The SMILES string of the molecule is CCC(C)(CCO)Nc1nccnc1Cl. The summed E-state index contributed by atoms with van der Waals surface area (Å²) in [5.74, 6) is 0.567. The van der Waals surface area contributed by atoms with Crippen molar-refractivity contribution in [2.75, 3.05) is 11.9 Å². The molecule has 1 rings (SSSR count). The van der Waals surface area contributed by atoms with Crippen LogP contribution in [0.15, 0.2) is 12.4 Å². The van der Waals surface area contributed by atoms with E-state index in [1.54, 1.807) is 12.4 Å². The molecular weight excluding hydrogens is 214 g/mol. The van der Waals surface area contributed by atoms with Crippen LogP contribution in [0.3, 0.4) is 0 Å². The quantitative estimate of drug-likeness (QED) is 0.812. The largest absolute Gasteiger partial charge is 0.396 e. The summed E-state index contributed by atoms with van der Waals surface area (Å²) in [6, 6.07) is 0. The zero-order chi connectivity index (χ0) is 11.3. The highest BCUT2D eigenvalue weighted by molar-refractivity contribution is 6.31. The molecule has 0 saturated carbocycles. The van der Waals surface area contributed by atoms with Crippen molar-refractivity contribution in [1.29, 1.82) is 0 Å². The molecular formula is C10H16ClN3O. The zero-order valence-corrected chi connectivity index (χ0v) is 9.75. The van der Waals surface area contributed by atoms with Crippen molar-refractivity contribution < 1.29 is 5.11 Å². The molecule has 0 bridgehead atoms. The zero-order valence-electron chi connectivity index (χ0n) is 9.00. The monoisotopic (exact) mass is 229 g/mol. The molecule has 15 heavy (non-hydrogen) atoms. The number of halogens is 1. The van der Waals surface area contributed by atoms with Crippen molar-refractivity contribution in [3.63, 3.8) is 0 Å². The van der Waals surface area contributed by atoms with Crippen LogP contribution < -0.4 is 5.32 Å². The van der Waals surface area contributed by atoms with Gasteiger partial charge in [-0.25, -0.2) is 9.97 Å². The molecule has 0 saturated heterocycles. The smallest absolute Gasteiger partial charge is 0.171 e. The summed E-state index contributed by atoms with van der Waals surface area (Å²) in [7, 11) is 0. The van der Waals surface area contributed by atoms with E-state index in [2.05, 4.69) is 15.3 Å². The standard InChI is InChI=1S/C10H16ClN3O/c1-3-10(2,4-7-15)14-9-8(11)12-5-6-13-9/h5-6,15H,3-4,7H2,1-2H3,(H,13,14). The van der Waals surface area contributed by atoms with Crippen molar-refractivity contribution in [3.8, 4) is 0 Å². The summed E-state index contributed by atoms with van der Waals surface area (Å²) in [6.07, 6.45) is 4.66. The van der Waals surface area contributed by atoms with Crippen LogP contribution in [0.2, 0.25) is 5.15 Å². The minimum atomic E-state index is -0.200. The number of aliphatic hydroxyl groups is 1. The average molecular weight is 230 g/mol. The molecule has 0 spiro atoms. The first-order valence-electron chi connectivity index (χ1n) is 4.97. The second-order valence-electron chi connectivity index (χ2n) is 3.71. The van der Waals surface area contributed by atoms with Gasteiger partial charge in [0.25, 0.3) is 0 Å². The van der Waals surface area contributed by atoms with Gasteiger partial charge in [0.05, 0.1) is 0 Å². The second kappa shape index (κ2) is 5.28. The Bertz CT molecular complexity index is 321. The van der Waals surface area contributed by atoms with E-state index in [0.717, 1.165) is 6.42 Å². The maximum Gasteiger partial charge on any atom is 0.171 e. The number of nitrogens with one attached hydrogen (secondary N) is 1. The van der Waals surface area contributed by atoms with Gasteiger partial charge in [0, 0.05) is 24.5 Å². The Morgan fingerprint density at radius 2 is 2.13 bits per heavy atom. The van der Waals surface area contributed by atoms with Crippen molar-refractivity contribution in [1.82, 2.24) is 9.97 Å². The number of nitrogens with zero attached hydrogens (tertiary/aromatic N) is 2. The van der Waals surface area contributed by atoms with Gasteiger partial charge in [-0.3, -0.25) is 0 Å². The third-order valence-corrected chi connectivity index (χ3v) is 2.79. The molecule has 84 valence electrons. The van der Waals surface area contributed by atoms with E-state index in [1.807, 2.05) is 13.8 Å². The predicted octanol–water partition coefficient (Wildman–Crippen LogP) is 2.09. The van der Waals surface area contributed by atoms with Gasteiger partial charge in [0.1, 0.15) is 0 Å². The number of hydrogen-bond donors (Lipinski definition) is 2. The highest BCUT2D eigenvalue weighted by Crippen LogP contribution is 2.23. The van der Waals surface area contributed by atoms with Gasteiger partial charge in [-0.1, -0.05) is 18.5 Å². The highest BCUT2D eigenvalue weighted by atomic mass is 35.5. The topological polar surface area (TPSA) is 58.0 Å². The number of aromatic nitrogens is 2.